The molecule has 2 saturated heterocycles. The Balaban J connectivity index is 1.68. The predicted octanol–water partition coefficient (Wildman–Crippen LogP) is 6.04. The zero-order valence-electron chi connectivity index (χ0n) is 19.9. The van der Waals surface area contributed by atoms with Gasteiger partial charge in [-0.1, -0.05) is 36.4 Å². The van der Waals surface area contributed by atoms with Gasteiger partial charge in [-0.15, -0.1) is 0 Å². The van der Waals surface area contributed by atoms with Crippen LogP contribution in [0.4, 0.5) is 17.6 Å². The third kappa shape index (κ3) is 5.37. The number of ether oxygens (including phenoxy) is 4. The van der Waals surface area contributed by atoms with Gasteiger partial charge in [-0.3, -0.25) is 4.79 Å². The highest BCUT2D eigenvalue weighted by Crippen LogP contribution is 2.45. The third-order valence-corrected chi connectivity index (χ3v) is 6.51. The molecule has 2 aliphatic heterocycles. The van der Waals surface area contributed by atoms with E-state index in [1.807, 2.05) is 0 Å². The number of halogens is 4. The van der Waals surface area contributed by atoms with Crippen molar-refractivity contribution in [2.45, 2.75) is 62.4 Å². The van der Waals surface area contributed by atoms with Gasteiger partial charge in [0, 0.05) is 24.0 Å². The van der Waals surface area contributed by atoms with Gasteiger partial charge in [0.05, 0.1) is 13.2 Å². The molecule has 2 heterocycles. The normalized spacial score (nSPS) is 23.8. The number of ketones is 1. The molecule has 4 unspecified atom stereocenters. The van der Waals surface area contributed by atoms with Crippen LogP contribution >= 0.6 is 0 Å². The lowest BCUT2D eigenvalue weighted by molar-refractivity contribution is -0.148. The minimum Gasteiger partial charge on any atom is -0.465 e. The fourth-order valence-corrected chi connectivity index (χ4v) is 4.51. The maximum atomic E-state index is 16.3. The lowest BCUT2D eigenvalue weighted by atomic mass is 9.80. The van der Waals surface area contributed by atoms with Crippen molar-refractivity contribution in [2.24, 2.45) is 0 Å². The van der Waals surface area contributed by atoms with Crippen LogP contribution in [0.5, 0.6) is 11.5 Å². The van der Waals surface area contributed by atoms with Gasteiger partial charge in [-0.2, -0.15) is 0 Å². The molecule has 9 heteroatoms. The van der Waals surface area contributed by atoms with E-state index >= 15 is 8.78 Å². The van der Waals surface area contributed by atoms with E-state index in [9.17, 15) is 13.6 Å². The third-order valence-electron chi connectivity index (χ3n) is 6.51. The van der Waals surface area contributed by atoms with E-state index in [1.54, 1.807) is 0 Å². The second kappa shape index (κ2) is 11.6. The number of alkyl halides is 4. The van der Waals surface area contributed by atoms with Crippen molar-refractivity contribution in [1.29, 1.82) is 0 Å². The molecule has 0 amide bonds. The summed E-state index contributed by atoms with van der Waals surface area (Å²) in [6.07, 6.45) is 2.89. The molecule has 0 aromatic heterocycles. The molecule has 2 fully saturated rings. The van der Waals surface area contributed by atoms with Crippen molar-refractivity contribution in [1.82, 2.24) is 0 Å². The Morgan fingerprint density at radius 2 is 1.17 bits per heavy atom. The van der Waals surface area contributed by atoms with E-state index in [2.05, 4.69) is 0 Å². The molecule has 196 valence electrons. The number of Topliss-reactive ketones (excluding diaryl/α,β-unsaturated/α-hetero) is 1. The van der Waals surface area contributed by atoms with Crippen LogP contribution < -0.4 is 9.47 Å². The average Bonchev–Trinajstić information content (AvgIpc) is 2.93. The maximum absolute atomic E-state index is 16.3. The van der Waals surface area contributed by atoms with Crippen molar-refractivity contribution in [3.8, 4) is 11.5 Å². The smallest absolute Gasteiger partial charge is 0.229 e. The second-order valence-corrected chi connectivity index (χ2v) is 9.02. The Hall–Kier alpha value is -2.65. The van der Waals surface area contributed by atoms with Gasteiger partial charge in [-0.25, -0.2) is 17.6 Å². The zero-order valence-corrected chi connectivity index (χ0v) is 19.9. The first kappa shape index (κ1) is 26.4. The van der Waals surface area contributed by atoms with Gasteiger partial charge >= 0.3 is 0 Å². The van der Waals surface area contributed by atoms with Gasteiger partial charge in [0.2, 0.25) is 17.1 Å². The molecule has 5 nitrogen and oxygen atoms in total. The quantitative estimate of drug-likeness (QED) is 0.365. The molecule has 2 aromatic rings. The topological polar surface area (TPSA) is 54.0 Å². The lowest BCUT2D eigenvalue weighted by Gasteiger charge is -2.33. The van der Waals surface area contributed by atoms with E-state index in [1.165, 1.54) is 36.4 Å². The first-order chi connectivity index (χ1) is 17.4. The van der Waals surface area contributed by atoms with Crippen LogP contribution in [0.15, 0.2) is 48.5 Å². The first-order valence-electron chi connectivity index (χ1n) is 12.2. The Bertz CT molecular complexity index is 945. The molecule has 0 spiro atoms. The van der Waals surface area contributed by atoms with Crippen LogP contribution in [-0.4, -0.2) is 44.9 Å². The molecular formula is C27H30F4O5. The molecule has 36 heavy (non-hydrogen) atoms. The molecule has 0 saturated carbocycles. The highest BCUT2D eigenvalue weighted by atomic mass is 19.2. The monoisotopic (exact) mass is 510 g/mol. The summed E-state index contributed by atoms with van der Waals surface area (Å²) in [5, 5.41) is 0. The number of carbonyl (C=O) groups is 1. The van der Waals surface area contributed by atoms with E-state index in [0.717, 1.165) is 37.8 Å². The summed E-state index contributed by atoms with van der Waals surface area (Å²) in [5.74, 6) is -2.25. The summed E-state index contributed by atoms with van der Waals surface area (Å²) in [7, 11) is 0. The van der Waals surface area contributed by atoms with Gasteiger partial charge in [0.1, 0.15) is 24.8 Å². The summed E-state index contributed by atoms with van der Waals surface area (Å²) in [6.45, 7) is -2.96. The highest BCUT2D eigenvalue weighted by Gasteiger charge is 2.56. The molecule has 0 bridgehead atoms. The summed E-state index contributed by atoms with van der Waals surface area (Å²) >= 11 is 0. The first-order valence-corrected chi connectivity index (χ1v) is 12.2. The van der Waals surface area contributed by atoms with Crippen molar-refractivity contribution in [3.63, 3.8) is 0 Å². The van der Waals surface area contributed by atoms with E-state index in [0.29, 0.717) is 26.1 Å². The van der Waals surface area contributed by atoms with Crippen molar-refractivity contribution in [3.05, 3.63) is 59.7 Å². The van der Waals surface area contributed by atoms with Crippen molar-refractivity contribution in [2.75, 3.05) is 26.6 Å². The van der Waals surface area contributed by atoms with Gasteiger partial charge in [0.15, 0.2) is 12.6 Å². The van der Waals surface area contributed by atoms with Crippen LogP contribution in [0.1, 0.15) is 49.7 Å². The van der Waals surface area contributed by atoms with Crippen LogP contribution in [0.25, 0.3) is 0 Å². The minimum absolute atomic E-state index is 0.167. The lowest BCUT2D eigenvalue weighted by Crippen LogP contribution is -2.47. The summed E-state index contributed by atoms with van der Waals surface area (Å²) in [4.78, 5) is 13.4. The van der Waals surface area contributed by atoms with E-state index in [4.69, 9.17) is 18.9 Å². The Labute approximate surface area is 207 Å². The summed E-state index contributed by atoms with van der Waals surface area (Å²) in [6, 6.07) is 10.7. The van der Waals surface area contributed by atoms with Gasteiger partial charge < -0.3 is 18.9 Å². The average molecular weight is 511 g/mol. The van der Waals surface area contributed by atoms with Crippen LogP contribution in [-0.2, 0) is 25.6 Å². The van der Waals surface area contributed by atoms with Crippen molar-refractivity contribution >= 4 is 5.78 Å². The number of carbonyl (C=O) groups excluding carboxylic acids is 1. The molecular weight excluding hydrogens is 480 g/mol. The number of benzene rings is 2. The minimum atomic E-state index is -3.53. The SMILES string of the molecule is O=C(C(F)(CF)c1ccccc1OC1CCCCO1)C(F)(CF)c1ccccc1OC1CCCCO1. The fraction of sp³-hybridized carbons (Fsp3) is 0.519. The Morgan fingerprint density at radius 3 is 1.53 bits per heavy atom. The van der Waals surface area contributed by atoms with Crippen LogP contribution in [0.3, 0.4) is 0 Å². The number of hydrogen-bond acceptors (Lipinski definition) is 5. The molecule has 2 aliphatic rings. The second-order valence-electron chi connectivity index (χ2n) is 9.02. The number of rotatable bonds is 10. The zero-order chi connectivity index (χ0) is 25.6. The molecule has 0 aliphatic carbocycles. The molecule has 0 radical (unpaired) electrons. The molecule has 0 N–H and O–H groups in total. The van der Waals surface area contributed by atoms with Crippen molar-refractivity contribution < 1.29 is 41.3 Å². The number of para-hydroxylation sites is 2. The predicted molar refractivity (Wildman–Crippen MR) is 124 cm³/mol. The molecule has 2 aromatic carbocycles. The largest absolute Gasteiger partial charge is 0.465 e. The van der Waals surface area contributed by atoms with Gasteiger partial charge in [0.25, 0.3) is 0 Å². The van der Waals surface area contributed by atoms with Gasteiger partial charge in [-0.05, 0) is 37.8 Å². The molecule has 4 rings (SSSR count). The highest BCUT2D eigenvalue weighted by molar-refractivity contribution is 5.97. The standard InChI is InChI=1S/C27H30F4O5/c28-17-26(30,19-9-1-3-11-21(19)35-23-13-5-7-15-33-23)25(32)27(31,18-29)20-10-2-4-12-22(20)36-24-14-6-8-16-34-24/h1-4,9-12,23-24H,5-8,13-18H2. The molecule has 4 atom stereocenters. The van der Waals surface area contributed by atoms with E-state index in [-0.39, 0.29) is 11.5 Å². The Morgan fingerprint density at radius 1 is 0.750 bits per heavy atom. The van der Waals surface area contributed by atoms with Crippen LogP contribution in [0.2, 0.25) is 0 Å². The summed E-state index contributed by atoms with van der Waals surface area (Å²) < 4.78 is 83.8. The van der Waals surface area contributed by atoms with E-state index < -0.39 is 54.2 Å². The summed E-state index contributed by atoms with van der Waals surface area (Å²) in [5.41, 5.74) is -8.12. The Kier molecular flexibility index (Phi) is 8.51. The van der Waals surface area contributed by atoms with Crippen LogP contribution in [0, 0.1) is 0 Å². The number of hydrogen-bond donors (Lipinski definition) is 0. The maximum Gasteiger partial charge on any atom is 0.229 e. The fourth-order valence-electron chi connectivity index (χ4n) is 4.51.